The number of carbonyl (C=O) groups excluding carboxylic acids is 1. The van der Waals surface area contributed by atoms with Gasteiger partial charge in [0.1, 0.15) is 0 Å². The molecular formula is C28H51NO4. The maximum Gasteiger partial charge on any atom is 0.222 e. The zero-order valence-electron chi connectivity index (χ0n) is 21.3. The van der Waals surface area contributed by atoms with Gasteiger partial charge in [-0.15, -0.1) is 0 Å². The molecule has 192 valence electrons. The summed E-state index contributed by atoms with van der Waals surface area (Å²) in [4.78, 5) is 12.2. The smallest absolute Gasteiger partial charge is 0.222 e. The average Bonchev–Trinajstić information content (AvgIpc) is 2.80. The Hall–Kier alpha value is -1.43. The lowest BCUT2D eigenvalue weighted by atomic mass is 10.0. The monoisotopic (exact) mass is 465 g/mol. The largest absolute Gasteiger partial charge is 0.394 e. The van der Waals surface area contributed by atoms with Crippen molar-refractivity contribution in [2.75, 3.05) is 6.61 Å². The van der Waals surface area contributed by atoms with E-state index in [-0.39, 0.29) is 18.9 Å². The van der Waals surface area contributed by atoms with E-state index in [1.165, 1.54) is 38.5 Å². The zero-order valence-corrected chi connectivity index (χ0v) is 21.3. The van der Waals surface area contributed by atoms with Gasteiger partial charge in [-0.25, -0.2) is 0 Å². The summed E-state index contributed by atoms with van der Waals surface area (Å²) in [5.41, 5.74) is 0. The lowest BCUT2D eigenvalue weighted by Crippen LogP contribution is -2.45. The van der Waals surface area contributed by atoms with E-state index in [2.05, 4.69) is 43.5 Å². The molecule has 0 heterocycles. The molecule has 0 rings (SSSR count). The topological polar surface area (TPSA) is 89.8 Å². The number of allylic oxidation sites excluding steroid dienone is 5. The second-order valence-electron chi connectivity index (χ2n) is 8.93. The Kier molecular flexibility index (Phi) is 22.7. The van der Waals surface area contributed by atoms with Gasteiger partial charge in [-0.2, -0.15) is 0 Å². The molecular weight excluding hydrogens is 414 g/mol. The van der Waals surface area contributed by atoms with E-state index >= 15 is 0 Å². The Morgan fingerprint density at radius 1 is 0.758 bits per heavy atom. The molecule has 1 amide bonds. The molecule has 3 unspecified atom stereocenters. The van der Waals surface area contributed by atoms with Crippen LogP contribution in [0.1, 0.15) is 110 Å². The molecule has 0 saturated carbocycles. The average molecular weight is 466 g/mol. The van der Waals surface area contributed by atoms with Crippen LogP contribution in [0.2, 0.25) is 0 Å². The molecule has 0 aromatic rings. The van der Waals surface area contributed by atoms with Crippen molar-refractivity contribution in [2.24, 2.45) is 0 Å². The van der Waals surface area contributed by atoms with Crippen molar-refractivity contribution in [3.05, 3.63) is 36.5 Å². The first-order chi connectivity index (χ1) is 16.0. The number of amides is 1. The van der Waals surface area contributed by atoms with Gasteiger partial charge in [0.2, 0.25) is 5.91 Å². The van der Waals surface area contributed by atoms with Gasteiger partial charge < -0.3 is 20.6 Å². The maximum atomic E-state index is 12.2. The standard InChI is InChI=1S/C28H51NO4/c1-3-5-7-9-11-12-13-14-16-18-20-22-27(32)26(24-30)29-28(33)23-25(31)21-19-17-15-10-8-6-4-2/h7,9,13-14,20,22,25-27,30-32H,3-6,8,10-12,15-19,21,23-24H2,1-2H3,(H,29,33)/b9-7+,14-13+,22-20+. The molecule has 0 bridgehead atoms. The highest BCUT2D eigenvalue weighted by atomic mass is 16.3. The summed E-state index contributed by atoms with van der Waals surface area (Å²) in [6, 6.07) is -0.759. The maximum absolute atomic E-state index is 12.2. The first-order valence-corrected chi connectivity index (χ1v) is 13.3. The van der Waals surface area contributed by atoms with Crippen molar-refractivity contribution in [3.8, 4) is 0 Å². The lowest BCUT2D eigenvalue weighted by molar-refractivity contribution is -0.124. The van der Waals surface area contributed by atoms with Gasteiger partial charge in [0, 0.05) is 0 Å². The SMILES string of the molecule is CCC/C=C/CC/C=C/CC/C=C/C(O)C(CO)NC(=O)CC(O)CCCCCCCCC. The van der Waals surface area contributed by atoms with E-state index < -0.39 is 18.2 Å². The van der Waals surface area contributed by atoms with Crippen LogP contribution in [0.4, 0.5) is 0 Å². The molecule has 0 saturated heterocycles. The number of aliphatic hydroxyl groups excluding tert-OH is 3. The van der Waals surface area contributed by atoms with Crippen LogP contribution in [-0.4, -0.2) is 46.1 Å². The third-order valence-corrected chi connectivity index (χ3v) is 5.64. The fourth-order valence-corrected chi connectivity index (χ4v) is 3.55. The summed E-state index contributed by atoms with van der Waals surface area (Å²) in [6.07, 6.45) is 25.6. The molecule has 0 spiro atoms. The fourth-order valence-electron chi connectivity index (χ4n) is 3.55. The van der Waals surface area contributed by atoms with E-state index in [4.69, 9.17) is 0 Å². The Labute approximate surface area is 203 Å². The van der Waals surface area contributed by atoms with E-state index in [1.807, 2.05) is 6.08 Å². The second-order valence-corrected chi connectivity index (χ2v) is 8.93. The molecule has 0 radical (unpaired) electrons. The van der Waals surface area contributed by atoms with E-state index in [0.29, 0.717) is 6.42 Å². The molecule has 0 aromatic carbocycles. The third kappa shape index (κ3) is 20.9. The predicted octanol–water partition coefficient (Wildman–Crippen LogP) is 5.75. The normalized spacial score (nSPS) is 14.9. The van der Waals surface area contributed by atoms with Crippen LogP contribution in [-0.2, 0) is 4.79 Å². The number of hydrogen-bond acceptors (Lipinski definition) is 4. The minimum atomic E-state index is -0.952. The molecule has 0 aliphatic rings. The van der Waals surface area contributed by atoms with Crippen LogP contribution in [0.25, 0.3) is 0 Å². The van der Waals surface area contributed by atoms with E-state index in [1.54, 1.807) is 6.08 Å². The lowest BCUT2D eigenvalue weighted by Gasteiger charge is -2.20. The number of hydrogen-bond donors (Lipinski definition) is 4. The van der Waals surface area contributed by atoms with Gasteiger partial charge in [0.05, 0.1) is 31.3 Å². The van der Waals surface area contributed by atoms with Crippen LogP contribution in [0.3, 0.4) is 0 Å². The van der Waals surface area contributed by atoms with Gasteiger partial charge >= 0.3 is 0 Å². The third-order valence-electron chi connectivity index (χ3n) is 5.64. The van der Waals surface area contributed by atoms with Crippen LogP contribution < -0.4 is 5.32 Å². The number of nitrogens with one attached hydrogen (secondary N) is 1. The first kappa shape index (κ1) is 31.6. The summed E-state index contributed by atoms with van der Waals surface area (Å²) in [5, 5.41) is 32.5. The van der Waals surface area contributed by atoms with Gasteiger partial charge in [-0.1, -0.05) is 102 Å². The number of aliphatic hydroxyl groups is 3. The van der Waals surface area contributed by atoms with Crippen LogP contribution in [0, 0.1) is 0 Å². The van der Waals surface area contributed by atoms with Gasteiger partial charge in [-0.3, -0.25) is 4.79 Å². The van der Waals surface area contributed by atoms with Crippen molar-refractivity contribution in [1.29, 1.82) is 0 Å². The predicted molar refractivity (Wildman–Crippen MR) is 139 cm³/mol. The van der Waals surface area contributed by atoms with Crippen LogP contribution >= 0.6 is 0 Å². The van der Waals surface area contributed by atoms with Crippen molar-refractivity contribution in [3.63, 3.8) is 0 Å². The van der Waals surface area contributed by atoms with Crippen molar-refractivity contribution < 1.29 is 20.1 Å². The number of carbonyl (C=O) groups is 1. The molecule has 0 aliphatic carbocycles. The van der Waals surface area contributed by atoms with Crippen molar-refractivity contribution in [2.45, 2.75) is 128 Å². The van der Waals surface area contributed by atoms with E-state index in [0.717, 1.165) is 44.9 Å². The highest BCUT2D eigenvalue weighted by Gasteiger charge is 2.19. The zero-order chi connectivity index (χ0) is 24.6. The van der Waals surface area contributed by atoms with Crippen LogP contribution in [0.5, 0.6) is 0 Å². The molecule has 0 fully saturated rings. The minimum absolute atomic E-state index is 0.00119. The van der Waals surface area contributed by atoms with Gasteiger partial charge in [-0.05, 0) is 38.5 Å². The number of rotatable bonds is 22. The summed E-state index contributed by atoms with van der Waals surface area (Å²) in [7, 11) is 0. The molecule has 33 heavy (non-hydrogen) atoms. The molecule has 5 nitrogen and oxygen atoms in total. The Bertz CT molecular complexity index is 530. The molecule has 3 atom stereocenters. The van der Waals surface area contributed by atoms with Crippen LogP contribution in [0.15, 0.2) is 36.5 Å². The van der Waals surface area contributed by atoms with Gasteiger partial charge in [0.25, 0.3) is 0 Å². The van der Waals surface area contributed by atoms with Gasteiger partial charge in [0.15, 0.2) is 0 Å². The summed E-state index contributed by atoms with van der Waals surface area (Å²) in [6.45, 7) is 4.03. The molecule has 0 aromatic heterocycles. The van der Waals surface area contributed by atoms with E-state index in [9.17, 15) is 20.1 Å². The molecule has 5 heteroatoms. The summed E-state index contributed by atoms with van der Waals surface area (Å²) < 4.78 is 0. The molecule has 0 aliphatic heterocycles. The highest BCUT2D eigenvalue weighted by molar-refractivity contribution is 5.76. The number of unbranched alkanes of at least 4 members (excludes halogenated alkanes) is 9. The van der Waals surface area contributed by atoms with Crippen molar-refractivity contribution >= 4 is 5.91 Å². The molecule has 4 N–H and O–H groups in total. The summed E-state index contributed by atoms with van der Waals surface area (Å²) in [5.74, 6) is -0.340. The second kappa shape index (κ2) is 23.7. The Morgan fingerprint density at radius 2 is 1.30 bits per heavy atom. The minimum Gasteiger partial charge on any atom is -0.394 e. The quantitative estimate of drug-likeness (QED) is 0.121. The van der Waals surface area contributed by atoms with Crippen molar-refractivity contribution in [1.82, 2.24) is 5.32 Å². The Balaban J connectivity index is 3.99. The Morgan fingerprint density at radius 3 is 1.88 bits per heavy atom. The fraction of sp³-hybridized carbons (Fsp3) is 0.750. The highest BCUT2D eigenvalue weighted by Crippen LogP contribution is 2.11. The first-order valence-electron chi connectivity index (χ1n) is 13.3. The summed E-state index contributed by atoms with van der Waals surface area (Å²) >= 11 is 0.